The number of nitrogens with two attached hydrogens (primary N) is 5. The average Bonchev–Trinajstić information content (AvgIpc) is 0.837. The zero-order valence-corrected chi connectivity index (χ0v) is 77.6. The van der Waals surface area contributed by atoms with Crippen LogP contribution >= 0.6 is 11.6 Å². The molecule has 1 unspecified atom stereocenters. The Bertz CT molecular complexity index is 6810. The van der Waals surface area contributed by atoms with Crippen molar-refractivity contribution in [2.75, 3.05) is 32.7 Å². The number of carbonyl (C=O) groups is 7. The van der Waals surface area contributed by atoms with E-state index in [0.717, 1.165) is 121 Å². The maximum atomic E-state index is 13.0. The monoisotopic (exact) mass is 1820 g/mol. The fourth-order valence-electron chi connectivity index (χ4n) is 16.8. The summed E-state index contributed by atoms with van der Waals surface area (Å²) in [7, 11) is 0. The molecular weight excluding hydrogens is 1710 g/mol. The van der Waals surface area contributed by atoms with Crippen molar-refractivity contribution in [3.8, 4) is 0 Å². The van der Waals surface area contributed by atoms with Crippen LogP contribution in [0.15, 0.2) is 382 Å². The summed E-state index contributed by atoms with van der Waals surface area (Å²) in [5, 5.41) is 21.3. The van der Waals surface area contributed by atoms with Gasteiger partial charge in [-0.15, -0.1) is 0 Å². The predicted molar refractivity (Wildman–Crippen MR) is 551 cm³/mol. The van der Waals surface area contributed by atoms with Crippen LogP contribution in [0.3, 0.4) is 0 Å². The first-order chi connectivity index (χ1) is 66.1. The smallest absolute Gasteiger partial charge is 0.338 e. The summed E-state index contributed by atoms with van der Waals surface area (Å²) < 4.78 is 10.9. The Hall–Kier alpha value is -14.6. The lowest BCUT2D eigenvalue weighted by Gasteiger charge is -2.15. The van der Waals surface area contributed by atoms with Crippen molar-refractivity contribution in [1.29, 1.82) is 0 Å². The fourth-order valence-corrected chi connectivity index (χ4v) is 16.9. The molecule has 0 radical (unpaired) electrons. The number of hydrogen-bond donors (Lipinski definition) is 6. The Kier molecular flexibility index (Phi) is 35.9. The molecule has 0 fully saturated rings. The quantitative estimate of drug-likeness (QED) is 0.0214. The normalized spacial score (nSPS) is 12.0. The zero-order chi connectivity index (χ0) is 95.8. The van der Waals surface area contributed by atoms with Crippen LogP contribution in [0.5, 0.6) is 0 Å². The number of rotatable bonds is 32. The molecule has 15 nitrogen and oxygen atoms in total. The molecule has 0 saturated heterocycles. The van der Waals surface area contributed by atoms with Crippen LogP contribution in [-0.4, -0.2) is 78.7 Å². The number of benzene rings is 17. The maximum Gasteiger partial charge on any atom is 0.338 e. The van der Waals surface area contributed by atoms with E-state index in [-0.39, 0.29) is 110 Å². The molecule has 0 aliphatic rings. The molecule has 17 aromatic rings. The second-order valence-corrected chi connectivity index (χ2v) is 34.7. The first-order valence-electron chi connectivity index (χ1n) is 45.8. The molecule has 0 spiro atoms. The van der Waals surface area contributed by atoms with Gasteiger partial charge in [0.2, 0.25) is 0 Å². The summed E-state index contributed by atoms with van der Waals surface area (Å²) in [5.74, 6) is -1.70. The van der Waals surface area contributed by atoms with Crippen molar-refractivity contribution in [3.63, 3.8) is 0 Å². The lowest BCUT2D eigenvalue weighted by molar-refractivity contribution is -0.120. The van der Waals surface area contributed by atoms with Gasteiger partial charge in [-0.1, -0.05) is 375 Å². The Morgan fingerprint density at radius 1 is 0.257 bits per heavy atom. The van der Waals surface area contributed by atoms with E-state index in [1.807, 2.05) is 263 Å². The molecule has 5 atom stereocenters. The second kappa shape index (κ2) is 49.4. The third-order valence-electron chi connectivity index (χ3n) is 24.5. The van der Waals surface area contributed by atoms with Crippen molar-refractivity contribution >= 4 is 106 Å². The Morgan fingerprint density at radius 2 is 0.500 bits per heavy atom. The summed E-state index contributed by atoms with van der Waals surface area (Å²) in [6, 6.07) is 124. The summed E-state index contributed by atoms with van der Waals surface area (Å²) in [6.45, 7) is 7.69. The number of ketones is 5. The molecule has 0 amide bonds. The zero-order valence-electron chi connectivity index (χ0n) is 76.8. The van der Waals surface area contributed by atoms with Crippen molar-refractivity contribution < 1.29 is 48.1 Å². The third-order valence-corrected chi connectivity index (χ3v) is 24.8. The van der Waals surface area contributed by atoms with Gasteiger partial charge < -0.3 is 43.2 Å². The maximum absolute atomic E-state index is 13.0. The van der Waals surface area contributed by atoms with Gasteiger partial charge in [0.1, 0.15) is 42.1 Å². The summed E-state index contributed by atoms with van der Waals surface area (Å²) >= 11 is 5.91. The van der Waals surface area contributed by atoms with Gasteiger partial charge in [0.05, 0.1) is 47.3 Å². The molecule has 11 N–H and O–H groups in total. The number of ether oxygens (including phenoxy) is 2. The highest BCUT2D eigenvalue weighted by molar-refractivity contribution is 6.30. The van der Waals surface area contributed by atoms with Gasteiger partial charge in [0, 0.05) is 69.9 Å². The molecule has 16 heteroatoms. The van der Waals surface area contributed by atoms with E-state index in [2.05, 4.69) is 97.1 Å². The van der Waals surface area contributed by atoms with Crippen molar-refractivity contribution in [3.05, 3.63) is 487 Å². The van der Waals surface area contributed by atoms with Gasteiger partial charge in [-0.2, -0.15) is 0 Å². The largest absolute Gasteiger partial charge is 0.457 e. The molecule has 686 valence electrons. The Morgan fingerprint density at radius 3 is 0.779 bits per heavy atom. The van der Waals surface area contributed by atoms with Crippen molar-refractivity contribution in [2.24, 2.45) is 28.7 Å². The van der Waals surface area contributed by atoms with E-state index in [9.17, 15) is 33.6 Å². The van der Waals surface area contributed by atoms with Crippen LogP contribution in [-0.2, 0) is 85.4 Å². The summed E-state index contributed by atoms with van der Waals surface area (Å²) in [4.78, 5) is 88.6. The predicted octanol–water partition coefficient (Wildman–Crippen LogP) is 22.3. The minimum Gasteiger partial charge on any atom is -0.457 e. The molecule has 17 rings (SSSR count). The lowest BCUT2D eigenvalue weighted by Crippen LogP contribution is -2.23. The third kappa shape index (κ3) is 27.6. The first kappa shape index (κ1) is 98.9. The molecule has 136 heavy (non-hydrogen) atoms. The second-order valence-electron chi connectivity index (χ2n) is 34.2. The number of Topliss-reactive ketones (excluding diaryl/α,β-unsaturated/α-hetero) is 5. The molecule has 17 aromatic carbocycles. The van der Waals surface area contributed by atoms with Gasteiger partial charge in [0.25, 0.3) is 0 Å². The lowest BCUT2D eigenvalue weighted by atomic mass is 9.90. The number of esters is 2. The van der Waals surface area contributed by atoms with Crippen LogP contribution in [0.1, 0.15) is 139 Å². The molecule has 0 aliphatic carbocycles. The number of aryl methyl sites for hydroxylation is 3. The standard InChI is InChI=1S/C30H29NO3.C28H25NO3.C21H21NO2.C21H21NO.C20H18ClNO/c1-20-7-14-27(21(2)15-20)30(33)34-19-22-8-12-25(13-9-22)28(18-31)29(32)17-23-10-11-24-5-3-4-6-26(24)16-23;29-18-26(27(30)17-21-12-13-22-6-4-5-9-25(22)16-21)23-14-10-20(11-15-23)19-32-28(31)24-7-2-1-3-8-24;22-13-20(18-9-5-15(14-23)6-10-18)21(24)12-16-7-8-17-3-1-2-4-19(17)11-16;1-15-6-9-18(10-7-15)20(14-22)21(23)13-16-8-11-17-4-2-3-5-19(17)12-16;21-18-9-7-16(8-10-18)19(13-22)20(23)12-14-5-6-15-3-1-2-4-17(15)11-14/h3-16,28H,17-19,31H2,1-2H3;1-16,26H,17-19,29H2;1-11,20,23H,12-14,22H2;2-12,20H,13-14,22H2,1H3;1-11,19H,12-13,22H2/t28-;;2*20-;19-/m0.000/s1. The van der Waals surface area contributed by atoms with E-state index in [0.29, 0.717) is 61.3 Å². The van der Waals surface area contributed by atoms with Crippen LogP contribution < -0.4 is 28.7 Å². The molecule has 0 aromatic heterocycles. The highest BCUT2D eigenvalue weighted by atomic mass is 35.5. The van der Waals surface area contributed by atoms with E-state index in [4.69, 9.17) is 54.8 Å². The van der Waals surface area contributed by atoms with Crippen LogP contribution in [0.4, 0.5) is 0 Å². The molecule has 0 heterocycles. The highest BCUT2D eigenvalue weighted by Crippen LogP contribution is 2.30. The fraction of sp³-hybridized carbons (Fsp3) is 0.175. The topological polar surface area (TPSA) is 288 Å². The highest BCUT2D eigenvalue weighted by Gasteiger charge is 2.26. The van der Waals surface area contributed by atoms with Gasteiger partial charge in [-0.05, 0) is 183 Å². The van der Waals surface area contributed by atoms with Crippen molar-refractivity contribution in [2.45, 2.75) is 102 Å². The van der Waals surface area contributed by atoms with Crippen LogP contribution in [0.25, 0.3) is 53.9 Å². The van der Waals surface area contributed by atoms with E-state index in [1.165, 1.54) is 21.7 Å². The number of carbonyl (C=O) groups excluding carboxylic acids is 7. The molecule has 0 aliphatic heterocycles. The Labute approximate surface area is 800 Å². The Balaban J connectivity index is 0.000000145. The molecular formula is C120H114ClN5O10. The van der Waals surface area contributed by atoms with E-state index < -0.39 is 0 Å². The number of halogens is 1. The van der Waals surface area contributed by atoms with Crippen LogP contribution in [0, 0.1) is 20.8 Å². The summed E-state index contributed by atoms with van der Waals surface area (Å²) in [5.41, 5.74) is 45.9. The van der Waals surface area contributed by atoms with E-state index in [1.54, 1.807) is 42.5 Å². The van der Waals surface area contributed by atoms with Crippen LogP contribution in [0.2, 0.25) is 5.02 Å². The summed E-state index contributed by atoms with van der Waals surface area (Å²) in [6.07, 6.45) is 1.84. The number of aliphatic hydroxyl groups is 1. The average molecular weight is 1820 g/mol. The number of fused-ring (bicyclic) bond motifs is 5. The molecule has 0 saturated carbocycles. The first-order valence-corrected chi connectivity index (χ1v) is 46.2. The van der Waals surface area contributed by atoms with Gasteiger partial charge in [-0.3, -0.25) is 24.0 Å². The SMILES string of the molecule is Cc1ccc(C(=O)OCc2ccc([C@H](CN)C(=O)Cc3ccc4ccccc4c3)cc2)c(C)c1.Cc1ccc([C@H](CN)C(=O)Cc2ccc3ccccc3c2)cc1.NCC(C(=O)Cc1ccc2ccccc2c1)c1ccc(COC(=O)c2ccccc2)cc1.NC[C@H](C(=O)Cc1ccc2ccccc2c1)c1ccc(CO)cc1.NC[C@H](C(=O)Cc1ccc2ccccc2c1)c1ccc(Cl)cc1. The van der Waals surface area contributed by atoms with Gasteiger partial charge in [0.15, 0.2) is 0 Å². The minimum atomic E-state index is -0.377. The number of hydrogen-bond acceptors (Lipinski definition) is 15. The molecule has 0 bridgehead atoms. The van der Waals surface area contributed by atoms with Crippen molar-refractivity contribution in [1.82, 2.24) is 0 Å². The van der Waals surface area contributed by atoms with E-state index >= 15 is 0 Å². The van der Waals surface area contributed by atoms with Gasteiger partial charge >= 0.3 is 11.9 Å². The number of aliphatic hydroxyl groups excluding tert-OH is 1. The minimum absolute atomic E-state index is 0.00138. The van der Waals surface area contributed by atoms with Gasteiger partial charge in [-0.25, -0.2) is 9.59 Å².